The Bertz CT molecular complexity index is 891. The van der Waals surface area contributed by atoms with E-state index in [4.69, 9.17) is 11.5 Å². The molecule has 0 aliphatic carbocycles. The van der Waals surface area contributed by atoms with Crippen molar-refractivity contribution in [3.05, 3.63) is 41.3 Å². The van der Waals surface area contributed by atoms with Gasteiger partial charge in [0.05, 0.1) is 17.6 Å². The monoisotopic (exact) mass is 420 g/mol. The van der Waals surface area contributed by atoms with Crippen LogP contribution in [-0.2, 0) is 0 Å². The highest BCUT2D eigenvalue weighted by Gasteiger charge is 2.33. The molecule has 1 fully saturated rings. The standard InChI is InChI=1S/C19H28N6O3S/c1-12-7-13(2)24-16(8-12)25-15-9-14(10-22-17(15)18(20)26)23-11-19(21)3-5-29(27,28)6-4-19/h7-10,23,27-28H,3-6,11,21H2,1-2H3,(H2,20,26)(H,24,25). The summed E-state index contributed by atoms with van der Waals surface area (Å²) in [7, 11) is -2.49. The van der Waals surface area contributed by atoms with Gasteiger partial charge in [0.25, 0.3) is 5.91 Å². The number of primary amides is 1. The Labute approximate surface area is 171 Å². The Balaban J connectivity index is 1.77. The molecule has 0 saturated carbocycles. The number of rotatable bonds is 6. The van der Waals surface area contributed by atoms with E-state index in [0.29, 0.717) is 48.1 Å². The number of aromatic nitrogens is 2. The number of anilines is 3. The zero-order chi connectivity index (χ0) is 21.2. The van der Waals surface area contributed by atoms with Crippen molar-refractivity contribution in [3.8, 4) is 0 Å². The minimum Gasteiger partial charge on any atom is -0.382 e. The average Bonchev–Trinajstić information content (AvgIpc) is 2.62. The highest BCUT2D eigenvalue weighted by atomic mass is 32.3. The summed E-state index contributed by atoms with van der Waals surface area (Å²) in [5, 5.41) is 6.37. The molecule has 0 aromatic carbocycles. The number of carbonyl (C=O) groups excluding carboxylic acids is 1. The maximum absolute atomic E-state index is 11.8. The summed E-state index contributed by atoms with van der Waals surface area (Å²) in [4.78, 5) is 20.4. The Morgan fingerprint density at radius 1 is 1.24 bits per heavy atom. The van der Waals surface area contributed by atoms with Crippen LogP contribution in [0, 0.1) is 13.8 Å². The van der Waals surface area contributed by atoms with Gasteiger partial charge in [0.1, 0.15) is 5.82 Å². The van der Waals surface area contributed by atoms with Crippen LogP contribution in [0.5, 0.6) is 0 Å². The third-order valence-electron chi connectivity index (χ3n) is 4.98. The summed E-state index contributed by atoms with van der Waals surface area (Å²) in [6.07, 6.45) is 2.57. The predicted octanol–water partition coefficient (Wildman–Crippen LogP) is 2.59. The van der Waals surface area contributed by atoms with Gasteiger partial charge in [-0.3, -0.25) is 13.9 Å². The van der Waals surface area contributed by atoms with Gasteiger partial charge in [-0.15, -0.1) is 0 Å². The fourth-order valence-corrected chi connectivity index (χ4v) is 4.98. The first-order valence-electron chi connectivity index (χ1n) is 9.34. The SMILES string of the molecule is Cc1cc(C)nc(Nc2cc(NCC3(N)CCS(O)(O)CC3)cnc2C(N)=O)c1. The van der Waals surface area contributed by atoms with Crippen LogP contribution in [0.25, 0.3) is 0 Å². The molecule has 2 aromatic rings. The second kappa shape index (κ2) is 8.15. The Morgan fingerprint density at radius 2 is 1.93 bits per heavy atom. The van der Waals surface area contributed by atoms with Crippen LogP contribution in [-0.4, -0.2) is 48.6 Å². The average molecular weight is 421 g/mol. The van der Waals surface area contributed by atoms with Gasteiger partial charge in [-0.25, -0.2) is 9.97 Å². The first kappa shape index (κ1) is 21.3. The van der Waals surface area contributed by atoms with Gasteiger partial charge in [-0.1, -0.05) is 0 Å². The van der Waals surface area contributed by atoms with Crippen LogP contribution in [0.2, 0.25) is 0 Å². The van der Waals surface area contributed by atoms with E-state index in [2.05, 4.69) is 20.6 Å². The van der Waals surface area contributed by atoms with Crippen molar-refractivity contribution in [2.75, 3.05) is 28.7 Å². The molecule has 0 unspecified atom stereocenters. The highest BCUT2D eigenvalue weighted by Crippen LogP contribution is 2.46. The van der Waals surface area contributed by atoms with E-state index in [9.17, 15) is 13.9 Å². The molecule has 10 heteroatoms. The van der Waals surface area contributed by atoms with E-state index in [1.807, 2.05) is 26.0 Å². The maximum Gasteiger partial charge on any atom is 0.269 e. The van der Waals surface area contributed by atoms with Crippen LogP contribution in [0.1, 0.15) is 34.6 Å². The van der Waals surface area contributed by atoms with Gasteiger partial charge in [-0.05, 0) is 50.5 Å². The van der Waals surface area contributed by atoms with Crippen LogP contribution >= 0.6 is 10.6 Å². The number of hydrogen-bond donors (Lipinski definition) is 6. The van der Waals surface area contributed by atoms with E-state index in [-0.39, 0.29) is 5.69 Å². The second-order valence-corrected chi connectivity index (χ2v) is 10.1. The molecular weight excluding hydrogens is 392 g/mol. The molecule has 1 aliphatic heterocycles. The Kier molecular flexibility index (Phi) is 5.99. The number of nitrogens with one attached hydrogen (secondary N) is 2. The minimum atomic E-state index is -2.49. The molecule has 9 nitrogen and oxygen atoms in total. The number of nitrogens with two attached hydrogens (primary N) is 2. The van der Waals surface area contributed by atoms with Gasteiger partial charge in [-0.2, -0.15) is 10.6 Å². The lowest BCUT2D eigenvalue weighted by molar-refractivity contribution is 0.0996. The topological polar surface area (TPSA) is 159 Å². The molecule has 0 atom stereocenters. The smallest absolute Gasteiger partial charge is 0.269 e. The van der Waals surface area contributed by atoms with E-state index >= 15 is 0 Å². The van der Waals surface area contributed by atoms with Crippen molar-refractivity contribution in [3.63, 3.8) is 0 Å². The largest absolute Gasteiger partial charge is 0.382 e. The lowest BCUT2D eigenvalue weighted by Crippen LogP contribution is -2.51. The van der Waals surface area contributed by atoms with E-state index < -0.39 is 22.0 Å². The summed E-state index contributed by atoms with van der Waals surface area (Å²) < 4.78 is 19.6. The Hall–Kier alpha value is -2.40. The molecule has 8 N–H and O–H groups in total. The van der Waals surface area contributed by atoms with E-state index in [1.165, 1.54) is 6.20 Å². The van der Waals surface area contributed by atoms with Crippen molar-refractivity contribution in [2.45, 2.75) is 32.2 Å². The zero-order valence-corrected chi connectivity index (χ0v) is 17.4. The quantitative estimate of drug-likeness (QED) is 0.416. The lowest BCUT2D eigenvalue weighted by atomic mass is 9.93. The van der Waals surface area contributed by atoms with Crippen LogP contribution in [0.3, 0.4) is 0 Å². The molecule has 0 radical (unpaired) electrons. The second-order valence-electron chi connectivity index (χ2n) is 7.71. The van der Waals surface area contributed by atoms with Gasteiger partial charge in [0.15, 0.2) is 5.69 Å². The maximum atomic E-state index is 11.8. The molecule has 158 valence electrons. The van der Waals surface area contributed by atoms with Gasteiger partial charge in [0, 0.05) is 29.3 Å². The van der Waals surface area contributed by atoms with Crippen LogP contribution in [0.4, 0.5) is 17.2 Å². The summed E-state index contributed by atoms with van der Waals surface area (Å²) in [5.41, 5.74) is 14.5. The molecule has 1 amide bonds. The molecule has 3 heterocycles. The number of pyridine rings is 2. The van der Waals surface area contributed by atoms with Gasteiger partial charge >= 0.3 is 0 Å². The van der Waals surface area contributed by atoms with Gasteiger partial charge in [0.2, 0.25) is 0 Å². The summed E-state index contributed by atoms with van der Waals surface area (Å²) in [6.45, 7) is 4.30. The van der Waals surface area contributed by atoms with E-state index in [1.54, 1.807) is 6.07 Å². The van der Waals surface area contributed by atoms with Crippen molar-refractivity contribution in [1.29, 1.82) is 0 Å². The van der Waals surface area contributed by atoms with Crippen molar-refractivity contribution >= 4 is 33.7 Å². The van der Waals surface area contributed by atoms with Crippen molar-refractivity contribution in [1.82, 2.24) is 9.97 Å². The molecule has 0 bridgehead atoms. The number of nitrogens with zero attached hydrogens (tertiary/aromatic N) is 2. The summed E-state index contributed by atoms with van der Waals surface area (Å²) in [6, 6.07) is 5.57. The predicted molar refractivity (Wildman–Crippen MR) is 117 cm³/mol. The normalized spacial score (nSPS) is 18.7. The number of aryl methyl sites for hydroxylation is 2. The number of carbonyl (C=O) groups is 1. The molecule has 0 spiro atoms. The summed E-state index contributed by atoms with van der Waals surface area (Å²) >= 11 is 0. The third-order valence-corrected chi connectivity index (χ3v) is 6.70. The van der Waals surface area contributed by atoms with Crippen molar-refractivity contribution < 1.29 is 13.9 Å². The zero-order valence-electron chi connectivity index (χ0n) is 16.6. The fourth-order valence-electron chi connectivity index (χ4n) is 3.31. The molecule has 1 aliphatic rings. The van der Waals surface area contributed by atoms with Gasteiger partial charge < -0.3 is 22.1 Å². The van der Waals surface area contributed by atoms with Crippen LogP contribution < -0.4 is 22.1 Å². The fraction of sp³-hybridized carbons (Fsp3) is 0.421. The first-order chi connectivity index (χ1) is 13.6. The highest BCUT2D eigenvalue weighted by molar-refractivity contribution is 8.24. The molecule has 3 rings (SSSR count). The number of hydrogen-bond acceptors (Lipinski definition) is 8. The minimum absolute atomic E-state index is 0.116. The summed E-state index contributed by atoms with van der Waals surface area (Å²) in [5.74, 6) is 0.581. The van der Waals surface area contributed by atoms with E-state index in [0.717, 1.165) is 11.3 Å². The molecular formula is C19H28N6O3S. The van der Waals surface area contributed by atoms with Crippen molar-refractivity contribution in [2.24, 2.45) is 11.5 Å². The third kappa shape index (κ3) is 5.57. The first-order valence-corrected chi connectivity index (χ1v) is 11.2. The number of amides is 1. The molecule has 2 aromatic heterocycles. The Morgan fingerprint density at radius 3 is 2.55 bits per heavy atom. The lowest BCUT2D eigenvalue weighted by Gasteiger charge is -2.44. The van der Waals surface area contributed by atoms with Crippen LogP contribution in [0.15, 0.2) is 24.4 Å². The molecule has 29 heavy (non-hydrogen) atoms. The molecule has 1 saturated heterocycles.